The third-order valence-corrected chi connectivity index (χ3v) is 5.66. The van der Waals surface area contributed by atoms with Gasteiger partial charge in [-0.05, 0) is 0 Å². The number of aliphatic hydroxyl groups excluding tert-OH is 9. The number of carboxylic acids is 1. The Hall–Kier alpha value is -1.09. The molecule has 0 aromatic heterocycles. The monoisotopic (exact) mass is 488 g/mol. The summed E-state index contributed by atoms with van der Waals surface area (Å²) in [5, 5.41) is 98.6. The molecule has 3 fully saturated rings. The van der Waals surface area contributed by atoms with Gasteiger partial charge in [0, 0.05) is 0 Å². The van der Waals surface area contributed by atoms with Crippen LogP contribution in [0.25, 0.3) is 0 Å². The Balaban J connectivity index is 1.73. The van der Waals surface area contributed by atoms with Gasteiger partial charge in [-0.2, -0.15) is 0 Å². The first-order chi connectivity index (χ1) is 15.5. The summed E-state index contributed by atoms with van der Waals surface area (Å²) in [5.41, 5.74) is 0. The molecule has 0 aromatic carbocycles. The lowest BCUT2D eigenvalue weighted by Gasteiger charge is -2.45. The second kappa shape index (κ2) is 10.7. The highest BCUT2D eigenvalue weighted by molar-refractivity contribution is 5.73. The van der Waals surface area contributed by atoms with E-state index in [1.807, 2.05) is 0 Å². The van der Waals surface area contributed by atoms with Crippen molar-refractivity contribution in [3.63, 3.8) is 0 Å². The number of rotatable bonds is 6. The molecule has 3 heterocycles. The summed E-state index contributed by atoms with van der Waals surface area (Å²) in [6, 6.07) is 0. The molecule has 14 atom stereocenters. The van der Waals surface area contributed by atoms with Gasteiger partial charge in [0.05, 0.1) is 13.2 Å². The van der Waals surface area contributed by atoms with Gasteiger partial charge in [0.15, 0.2) is 25.0 Å². The van der Waals surface area contributed by atoms with Crippen LogP contribution in [0.5, 0.6) is 0 Å². The van der Waals surface area contributed by atoms with E-state index in [9.17, 15) is 55.9 Å². The second-order valence-electron chi connectivity index (χ2n) is 7.93. The van der Waals surface area contributed by atoms with Crippen molar-refractivity contribution in [3.8, 4) is 0 Å². The molecule has 3 rings (SSSR count). The highest BCUT2D eigenvalue weighted by Gasteiger charge is 2.52. The van der Waals surface area contributed by atoms with Crippen LogP contribution in [-0.2, 0) is 28.5 Å². The summed E-state index contributed by atoms with van der Waals surface area (Å²) in [6.45, 7) is -1.30. The molecule has 0 saturated carbocycles. The molecule has 1 unspecified atom stereocenters. The first-order valence-electron chi connectivity index (χ1n) is 9.99. The molecule has 3 aliphatic heterocycles. The van der Waals surface area contributed by atoms with Crippen molar-refractivity contribution in [2.24, 2.45) is 0 Å². The van der Waals surface area contributed by atoms with Gasteiger partial charge in [-0.25, -0.2) is 4.79 Å². The van der Waals surface area contributed by atoms with Gasteiger partial charge in [-0.3, -0.25) is 0 Å². The first-order valence-corrected chi connectivity index (χ1v) is 9.99. The lowest BCUT2D eigenvalue weighted by molar-refractivity contribution is -0.364. The van der Waals surface area contributed by atoms with Gasteiger partial charge < -0.3 is 74.7 Å². The first kappa shape index (κ1) is 26.5. The van der Waals surface area contributed by atoms with Crippen LogP contribution in [0, 0.1) is 0 Å². The summed E-state index contributed by atoms with van der Waals surface area (Å²) in [4.78, 5) is 11.4. The molecule has 0 spiro atoms. The summed E-state index contributed by atoms with van der Waals surface area (Å²) in [5.74, 6) is -1.66. The molecule has 16 heteroatoms. The maximum Gasteiger partial charge on any atom is 0.335 e. The van der Waals surface area contributed by atoms with E-state index < -0.39 is 105 Å². The second-order valence-corrected chi connectivity index (χ2v) is 7.93. The quantitative estimate of drug-likeness (QED) is 0.166. The van der Waals surface area contributed by atoms with E-state index in [2.05, 4.69) is 0 Å². The molecule has 3 aliphatic rings. The minimum Gasteiger partial charge on any atom is -0.479 e. The summed E-state index contributed by atoms with van der Waals surface area (Å²) in [7, 11) is 0. The van der Waals surface area contributed by atoms with Gasteiger partial charge >= 0.3 is 5.97 Å². The molecule has 3 saturated heterocycles. The van der Waals surface area contributed by atoms with Crippen LogP contribution in [0.4, 0.5) is 0 Å². The van der Waals surface area contributed by atoms with Gasteiger partial charge in [-0.1, -0.05) is 0 Å². The third-order valence-electron chi connectivity index (χ3n) is 5.66. The highest BCUT2D eigenvalue weighted by atomic mass is 16.7. The summed E-state index contributed by atoms with van der Waals surface area (Å²) < 4.78 is 25.7. The highest BCUT2D eigenvalue weighted by Crippen LogP contribution is 2.30. The fourth-order valence-electron chi connectivity index (χ4n) is 3.75. The average molecular weight is 488 g/mol. The van der Waals surface area contributed by atoms with Gasteiger partial charge in [0.2, 0.25) is 0 Å². The van der Waals surface area contributed by atoms with E-state index in [0.717, 1.165) is 0 Å². The third kappa shape index (κ3) is 5.29. The fraction of sp³-hybridized carbons (Fsp3) is 0.941. The number of ether oxygens (including phenoxy) is 5. The van der Waals surface area contributed by atoms with E-state index >= 15 is 0 Å². The zero-order valence-electron chi connectivity index (χ0n) is 16.9. The van der Waals surface area contributed by atoms with E-state index in [-0.39, 0.29) is 0 Å². The Morgan fingerprint density at radius 1 is 0.758 bits per heavy atom. The van der Waals surface area contributed by atoms with Crippen molar-refractivity contribution in [1.82, 2.24) is 0 Å². The Kier molecular flexibility index (Phi) is 8.57. The van der Waals surface area contributed by atoms with E-state index in [0.29, 0.717) is 0 Å². The molecule has 0 aliphatic carbocycles. The number of hydrogen-bond acceptors (Lipinski definition) is 15. The molecule has 0 bridgehead atoms. The zero-order valence-corrected chi connectivity index (χ0v) is 16.9. The number of aliphatic carboxylic acids is 1. The number of carboxylic acid groups (broad SMARTS) is 1. The van der Waals surface area contributed by atoms with E-state index in [1.165, 1.54) is 0 Å². The fourth-order valence-corrected chi connectivity index (χ4v) is 3.75. The predicted molar refractivity (Wildman–Crippen MR) is 95.8 cm³/mol. The number of aliphatic hydroxyl groups is 9. The largest absolute Gasteiger partial charge is 0.479 e. The molecule has 192 valence electrons. The molecular weight excluding hydrogens is 460 g/mol. The van der Waals surface area contributed by atoms with Crippen LogP contribution in [0.15, 0.2) is 0 Å². The van der Waals surface area contributed by atoms with Crippen LogP contribution >= 0.6 is 0 Å². The molecule has 10 N–H and O–H groups in total. The van der Waals surface area contributed by atoms with Crippen molar-refractivity contribution < 1.29 is 79.5 Å². The molecule has 0 aromatic rings. The van der Waals surface area contributed by atoms with Crippen molar-refractivity contribution in [2.45, 2.75) is 86.0 Å². The maximum atomic E-state index is 11.4. The molecule has 16 nitrogen and oxygen atoms in total. The minimum absolute atomic E-state index is 0.545. The molecule has 33 heavy (non-hydrogen) atoms. The van der Waals surface area contributed by atoms with Crippen molar-refractivity contribution in [2.75, 3.05) is 13.2 Å². The van der Waals surface area contributed by atoms with Crippen molar-refractivity contribution in [1.29, 1.82) is 0 Å². The van der Waals surface area contributed by atoms with Gasteiger partial charge in [0.25, 0.3) is 0 Å². The topological polar surface area (TPSA) is 266 Å². The SMILES string of the molecule is O=C(O)[C@H]1OC(O)[C@H](O)[C@@H](O)[C@@H]1O[C@@H]1OC[C@@H](O)[C@H](O[C@@H]2O[C@H](CO)[C@H](O)[C@H](O)[C@H]2O)[C@H]1O. The molecular formula is C17H28O16. The molecule has 0 radical (unpaired) electrons. The number of hydrogen-bond donors (Lipinski definition) is 10. The van der Waals surface area contributed by atoms with Gasteiger partial charge in [-0.15, -0.1) is 0 Å². The van der Waals surface area contributed by atoms with Crippen LogP contribution in [0.1, 0.15) is 0 Å². The minimum atomic E-state index is -2.03. The molecule has 0 amide bonds. The predicted octanol–water partition coefficient (Wildman–Crippen LogP) is -6.84. The van der Waals surface area contributed by atoms with Gasteiger partial charge in [0.1, 0.15) is 61.0 Å². The van der Waals surface area contributed by atoms with Crippen molar-refractivity contribution >= 4 is 5.97 Å². The van der Waals surface area contributed by atoms with Crippen LogP contribution in [-0.4, -0.2) is 156 Å². The van der Waals surface area contributed by atoms with E-state index in [4.69, 9.17) is 23.7 Å². The lowest BCUT2D eigenvalue weighted by Crippen LogP contribution is -2.65. The lowest BCUT2D eigenvalue weighted by atomic mass is 9.97. The zero-order chi connectivity index (χ0) is 24.6. The summed E-state index contributed by atoms with van der Waals surface area (Å²) >= 11 is 0. The van der Waals surface area contributed by atoms with Crippen LogP contribution in [0.3, 0.4) is 0 Å². The standard InChI is InChI=1S/C17H28O16/c18-1-4-5(20)6(21)9(24)17(30-4)32-11-3(19)2-29-16(10(11)25)33-12-7(22)8(23)15(28)31-13(12)14(26)27/h3-13,15-25,28H,1-2H2,(H,26,27)/t3-,4-,5+,6+,7-,8-,9-,10-,11+,12+,13+,15?,16+,17+/m1/s1. The Labute approximate surface area is 185 Å². The van der Waals surface area contributed by atoms with Crippen LogP contribution in [0.2, 0.25) is 0 Å². The normalized spacial score (nSPS) is 51.3. The summed E-state index contributed by atoms with van der Waals surface area (Å²) in [6.07, 6.45) is -24.9. The number of carbonyl (C=O) groups is 1. The maximum absolute atomic E-state index is 11.4. The Bertz CT molecular complexity index is 663. The Morgan fingerprint density at radius 3 is 2.00 bits per heavy atom. The van der Waals surface area contributed by atoms with E-state index in [1.54, 1.807) is 0 Å². The smallest absolute Gasteiger partial charge is 0.335 e. The van der Waals surface area contributed by atoms with Crippen LogP contribution < -0.4 is 0 Å². The van der Waals surface area contributed by atoms with Crippen molar-refractivity contribution in [3.05, 3.63) is 0 Å². The average Bonchev–Trinajstić information content (AvgIpc) is 2.77. The Morgan fingerprint density at radius 2 is 1.39 bits per heavy atom.